The van der Waals surface area contributed by atoms with E-state index >= 15 is 0 Å². The summed E-state index contributed by atoms with van der Waals surface area (Å²) >= 11 is 0. The molecule has 0 saturated carbocycles. The minimum absolute atomic E-state index is 0.144. The minimum atomic E-state index is -4.57. The lowest BCUT2D eigenvalue weighted by molar-refractivity contribution is -0.174. The molecule has 0 aliphatic carbocycles. The lowest BCUT2D eigenvalue weighted by Crippen LogP contribution is -2.24. The van der Waals surface area contributed by atoms with Gasteiger partial charge in [-0.25, -0.2) is 4.39 Å². The third-order valence-electron chi connectivity index (χ3n) is 1.93. The van der Waals surface area contributed by atoms with Crippen molar-refractivity contribution in [1.29, 1.82) is 0 Å². The van der Waals surface area contributed by atoms with Gasteiger partial charge in [0, 0.05) is 11.8 Å². The standard InChI is InChI=1S/C11H9F6NO3/c12-7-3-6(1-2-8(7)21-10(13)14)18-9(19)4-20-5-11(15,16)17/h1-3,10H,4-5H2,(H,18,19). The Morgan fingerprint density at radius 3 is 2.48 bits per heavy atom. The van der Waals surface area contributed by atoms with Crippen molar-refractivity contribution in [1.82, 2.24) is 0 Å². The van der Waals surface area contributed by atoms with Crippen molar-refractivity contribution in [3.63, 3.8) is 0 Å². The average Bonchev–Trinajstić information content (AvgIpc) is 2.30. The van der Waals surface area contributed by atoms with Crippen molar-refractivity contribution in [2.45, 2.75) is 12.8 Å². The number of carbonyl (C=O) groups excluding carboxylic acids is 1. The molecule has 10 heteroatoms. The molecular weight excluding hydrogens is 308 g/mol. The zero-order valence-electron chi connectivity index (χ0n) is 10.2. The highest BCUT2D eigenvalue weighted by Crippen LogP contribution is 2.22. The first-order valence-corrected chi connectivity index (χ1v) is 5.36. The molecule has 1 aromatic rings. The smallest absolute Gasteiger partial charge is 0.411 e. The van der Waals surface area contributed by atoms with Gasteiger partial charge in [0.05, 0.1) is 0 Å². The third-order valence-corrected chi connectivity index (χ3v) is 1.93. The summed E-state index contributed by atoms with van der Waals surface area (Å²) in [6.45, 7) is -5.71. The van der Waals surface area contributed by atoms with Crippen molar-refractivity contribution in [2.24, 2.45) is 0 Å². The lowest BCUT2D eigenvalue weighted by atomic mass is 10.3. The molecule has 1 rings (SSSR count). The zero-order valence-corrected chi connectivity index (χ0v) is 10.2. The molecule has 21 heavy (non-hydrogen) atoms. The normalized spacial score (nSPS) is 11.6. The van der Waals surface area contributed by atoms with Gasteiger partial charge in [-0.05, 0) is 12.1 Å². The van der Waals surface area contributed by atoms with Gasteiger partial charge in [0.15, 0.2) is 11.6 Å². The number of alkyl halides is 5. The fourth-order valence-corrected chi connectivity index (χ4v) is 1.23. The molecule has 0 heterocycles. The summed E-state index contributed by atoms with van der Waals surface area (Å²) in [5, 5.41) is 2.04. The molecule has 4 nitrogen and oxygen atoms in total. The van der Waals surface area contributed by atoms with Crippen LogP contribution in [0, 0.1) is 5.82 Å². The van der Waals surface area contributed by atoms with E-state index in [-0.39, 0.29) is 5.69 Å². The van der Waals surface area contributed by atoms with E-state index in [1.807, 2.05) is 5.32 Å². The van der Waals surface area contributed by atoms with Gasteiger partial charge in [-0.15, -0.1) is 0 Å². The first-order chi connectivity index (χ1) is 9.67. The highest BCUT2D eigenvalue weighted by Gasteiger charge is 2.27. The molecule has 0 atom stereocenters. The van der Waals surface area contributed by atoms with Crippen molar-refractivity contribution in [2.75, 3.05) is 18.5 Å². The molecule has 0 spiro atoms. The maximum Gasteiger partial charge on any atom is 0.411 e. The summed E-state index contributed by atoms with van der Waals surface area (Å²) in [6.07, 6.45) is -4.57. The molecule has 0 aromatic heterocycles. The number of nitrogens with one attached hydrogen (secondary N) is 1. The Bertz CT molecular complexity index is 491. The monoisotopic (exact) mass is 317 g/mol. The van der Waals surface area contributed by atoms with E-state index in [4.69, 9.17) is 0 Å². The van der Waals surface area contributed by atoms with Gasteiger partial charge < -0.3 is 14.8 Å². The molecule has 1 aromatic carbocycles. The van der Waals surface area contributed by atoms with E-state index in [1.165, 1.54) is 0 Å². The van der Waals surface area contributed by atoms with Gasteiger partial charge in [-0.1, -0.05) is 0 Å². The van der Waals surface area contributed by atoms with Crippen molar-refractivity contribution >= 4 is 11.6 Å². The number of hydrogen-bond acceptors (Lipinski definition) is 3. The molecule has 0 unspecified atom stereocenters. The number of anilines is 1. The van der Waals surface area contributed by atoms with E-state index in [9.17, 15) is 31.1 Å². The third kappa shape index (κ3) is 6.84. The molecule has 0 saturated heterocycles. The van der Waals surface area contributed by atoms with Crippen LogP contribution < -0.4 is 10.1 Å². The van der Waals surface area contributed by atoms with Crippen LogP contribution in [0.3, 0.4) is 0 Å². The van der Waals surface area contributed by atoms with Crippen LogP contribution in [0.5, 0.6) is 5.75 Å². The minimum Gasteiger partial charge on any atom is -0.432 e. The van der Waals surface area contributed by atoms with Crippen molar-refractivity contribution < 1.29 is 40.6 Å². The Balaban J connectivity index is 2.51. The molecule has 0 radical (unpaired) electrons. The van der Waals surface area contributed by atoms with E-state index in [0.717, 1.165) is 12.1 Å². The second kappa shape index (κ2) is 7.16. The molecule has 1 N–H and O–H groups in total. The largest absolute Gasteiger partial charge is 0.432 e. The van der Waals surface area contributed by atoms with Crippen LogP contribution in [0.1, 0.15) is 0 Å². The maximum absolute atomic E-state index is 13.3. The van der Waals surface area contributed by atoms with Gasteiger partial charge >= 0.3 is 12.8 Å². The Kier molecular flexibility index (Phi) is 5.82. The van der Waals surface area contributed by atoms with Gasteiger partial charge in [-0.2, -0.15) is 22.0 Å². The van der Waals surface area contributed by atoms with Crippen LogP contribution in [0.25, 0.3) is 0 Å². The van der Waals surface area contributed by atoms with E-state index in [1.54, 1.807) is 0 Å². The SMILES string of the molecule is O=C(COCC(F)(F)F)Nc1ccc(OC(F)F)c(F)c1. The highest BCUT2D eigenvalue weighted by molar-refractivity contribution is 5.91. The second-order valence-corrected chi connectivity index (χ2v) is 3.68. The number of amides is 1. The van der Waals surface area contributed by atoms with Gasteiger partial charge in [0.2, 0.25) is 5.91 Å². The molecule has 0 aliphatic heterocycles. The second-order valence-electron chi connectivity index (χ2n) is 3.68. The van der Waals surface area contributed by atoms with Crippen LogP contribution in [0.4, 0.5) is 32.0 Å². The van der Waals surface area contributed by atoms with E-state index in [0.29, 0.717) is 6.07 Å². The number of carbonyl (C=O) groups is 1. The Morgan fingerprint density at radius 1 is 1.29 bits per heavy atom. The Morgan fingerprint density at radius 2 is 1.95 bits per heavy atom. The van der Waals surface area contributed by atoms with Crippen LogP contribution in [0.2, 0.25) is 0 Å². The highest BCUT2D eigenvalue weighted by atomic mass is 19.4. The number of hydrogen-bond donors (Lipinski definition) is 1. The molecule has 0 fully saturated rings. The zero-order chi connectivity index (χ0) is 16.0. The van der Waals surface area contributed by atoms with Gasteiger partial charge in [0.1, 0.15) is 13.2 Å². The number of ether oxygens (including phenoxy) is 2. The van der Waals surface area contributed by atoms with Gasteiger partial charge in [0.25, 0.3) is 0 Å². The number of halogens is 6. The Labute approximate surface area is 114 Å². The predicted molar refractivity (Wildman–Crippen MR) is 58.5 cm³/mol. The maximum atomic E-state index is 13.3. The average molecular weight is 317 g/mol. The molecular formula is C11H9F6NO3. The summed E-state index contributed by atoms with van der Waals surface area (Å²) in [4.78, 5) is 11.2. The van der Waals surface area contributed by atoms with Crippen molar-refractivity contribution in [3.05, 3.63) is 24.0 Å². The van der Waals surface area contributed by atoms with Crippen LogP contribution in [0.15, 0.2) is 18.2 Å². The topological polar surface area (TPSA) is 47.6 Å². The summed E-state index contributed by atoms with van der Waals surface area (Å²) in [6, 6.07) is 2.56. The molecule has 1 amide bonds. The van der Waals surface area contributed by atoms with E-state index in [2.05, 4.69) is 9.47 Å². The summed E-state index contributed by atoms with van der Waals surface area (Å²) in [5.41, 5.74) is -0.144. The summed E-state index contributed by atoms with van der Waals surface area (Å²) in [7, 11) is 0. The quantitative estimate of drug-likeness (QED) is 0.821. The van der Waals surface area contributed by atoms with Crippen LogP contribution in [-0.4, -0.2) is 31.9 Å². The summed E-state index contributed by atoms with van der Waals surface area (Å²) in [5.74, 6) is -2.85. The van der Waals surface area contributed by atoms with Crippen LogP contribution >= 0.6 is 0 Å². The lowest BCUT2D eigenvalue weighted by Gasteiger charge is -2.10. The number of benzene rings is 1. The molecule has 0 aliphatic rings. The summed E-state index contributed by atoms with van der Waals surface area (Å²) < 4.78 is 80.2. The van der Waals surface area contributed by atoms with E-state index < -0.39 is 43.5 Å². The van der Waals surface area contributed by atoms with Crippen LogP contribution in [-0.2, 0) is 9.53 Å². The molecule has 118 valence electrons. The Hall–Kier alpha value is -1.97. The first kappa shape index (κ1) is 17.1. The van der Waals surface area contributed by atoms with Crippen molar-refractivity contribution in [3.8, 4) is 5.75 Å². The molecule has 0 bridgehead atoms. The first-order valence-electron chi connectivity index (χ1n) is 5.36. The van der Waals surface area contributed by atoms with Gasteiger partial charge in [-0.3, -0.25) is 4.79 Å². The number of rotatable bonds is 6. The fourth-order valence-electron chi connectivity index (χ4n) is 1.23. The predicted octanol–water partition coefficient (Wildman–Crippen LogP) is 2.94. The fraction of sp³-hybridized carbons (Fsp3) is 0.364.